The molecule has 0 aliphatic carbocycles. The monoisotopic (exact) mass is 217 g/mol. The third kappa shape index (κ3) is 2.51. The minimum absolute atomic E-state index is 0.0592. The van der Waals surface area contributed by atoms with E-state index in [1.165, 1.54) is 7.11 Å². The summed E-state index contributed by atoms with van der Waals surface area (Å²) in [7, 11) is 1.47. The summed E-state index contributed by atoms with van der Waals surface area (Å²) in [6.07, 6.45) is 0.548. The topological polar surface area (TPSA) is 64.7 Å². The number of ether oxygens (including phenoxy) is 1. The fourth-order valence-electron chi connectivity index (χ4n) is 1.11. The molecule has 0 bridgehead atoms. The van der Waals surface area contributed by atoms with Crippen molar-refractivity contribution in [2.75, 3.05) is 13.7 Å². The first-order valence-electron chi connectivity index (χ1n) is 4.06. The van der Waals surface area contributed by atoms with Gasteiger partial charge in [-0.05, 0) is 18.1 Å². The van der Waals surface area contributed by atoms with Gasteiger partial charge in [0, 0.05) is 11.1 Å². The summed E-state index contributed by atoms with van der Waals surface area (Å²) in [5.41, 5.74) is 0.774. The lowest BCUT2D eigenvalue weighted by molar-refractivity contribution is 0.141. The van der Waals surface area contributed by atoms with Crippen molar-refractivity contribution >= 4 is 11.6 Å². The van der Waals surface area contributed by atoms with Crippen molar-refractivity contribution in [3.05, 3.63) is 22.7 Å². The molecule has 0 spiro atoms. The molecule has 4 nitrogen and oxygen atoms in total. The summed E-state index contributed by atoms with van der Waals surface area (Å²) >= 11 is 5.93. The van der Waals surface area contributed by atoms with Crippen LogP contribution < -0.4 is 10.6 Å². The highest BCUT2D eigenvalue weighted by molar-refractivity contribution is 6.31. The first-order valence-corrected chi connectivity index (χ1v) is 4.44. The zero-order valence-corrected chi connectivity index (χ0v) is 8.54. The Morgan fingerprint density at radius 3 is 2.79 bits per heavy atom. The van der Waals surface area contributed by atoms with Crippen LogP contribution in [0.2, 0.25) is 5.02 Å². The van der Waals surface area contributed by atoms with Crippen LogP contribution in [-0.4, -0.2) is 18.8 Å². The smallest absolute Gasteiger partial charge is 0.161 e. The maximum Gasteiger partial charge on any atom is 0.161 e. The Hall–Kier alpha value is -0.970. The molecular formula is C9H12ClNO3. The zero-order valence-electron chi connectivity index (χ0n) is 7.79. The summed E-state index contributed by atoms with van der Waals surface area (Å²) in [4.78, 5) is 4.43. The molecule has 78 valence electrons. The van der Waals surface area contributed by atoms with Crippen LogP contribution in [0.5, 0.6) is 11.5 Å². The van der Waals surface area contributed by atoms with Crippen LogP contribution >= 0.6 is 11.6 Å². The van der Waals surface area contributed by atoms with E-state index in [2.05, 4.69) is 4.84 Å². The Kier molecular flexibility index (Phi) is 4.00. The summed E-state index contributed by atoms with van der Waals surface area (Å²) in [6, 6.07) is 3.10. The van der Waals surface area contributed by atoms with Crippen molar-refractivity contribution in [3.63, 3.8) is 0 Å². The summed E-state index contributed by atoms with van der Waals surface area (Å²) in [5.74, 6) is 5.30. The van der Waals surface area contributed by atoms with Crippen molar-refractivity contribution in [2.24, 2.45) is 5.90 Å². The molecule has 0 radical (unpaired) electrons. The maximum absolute atomic E-state index is 9.46. The fourth-order valence-corrected chi connectivity index (χ4v) is 1.36. The second kappa shape index (κ2) is 5.05. The van der Waals surface area contributed by atoms with E-state index in [-0.39, 0.29) is 5.75 Å². The Morgan fingerprint density at radius 1 is 1.50 bits per heavy atom. The number of phenolic OH excluding ortho intramolecular Hbond substituents is 1. The minimum atomic E-state index is 0.0592. The molecule has 1 aromatic carbocycles. The number of halogens is 1. The molecule has 0 atom stereocenters. The van der Waals surface area contributed by atoms with E-state index in [1.807, 2.05) is 0 Å². The van der Waals surface area contributed by atoms with Crippen LogP contribution in [0.1, 0.15) is 5.56 Å². The summed E-state index contributed by atoms with van der Waals surface area (Å²) in [6.45, 7) is 0.353. The van der Waals surface area contributed by atoms with Crippen LogP contribution in [0.25, 0.3) is 0 Å². The van der Waals surface area contributed by atoms with E-state index in [0.717, 1.165) is 5.56 Å². The van der Waals surface area contributed by atoms with Gasteiger partial charge in [-0.1, -0.05) is 11.6 Å². The summed E-state index contributed by atoms with van der Waals surface area (Å²) < 4.78 is 4.89. The average Bonchev–Trinajstić information content (AvgIpc) is 2.18. The molecule has 0 saturated carbocycles. The quantitative estimate of drug-likeness (QED) is 0.750. The van der Waals surface area contributed by atoms with E-state index in [9.17, 15) is 5.11 Å². The van der Waals surface area contributed by atoms with Gasteiger partial charge in [0.05, 0.1) is 13.7 Å². The molecular weight excluding hydrogens is 206 g/mol. The molecule has 0 aromatic heterocycles. The Balaban J connectivity index is 2.90. The molecule has 0 fully saturated rings. The molecule has 0 heterocycles. The fraction of sp³-hybridized carbons (Fsp3) is 0.333. The second-order valence-corrected chi connectivity index (χ2v) is 3.14. The molecule has 1 aromatic rings. The molecule has 14 heavy (non-hydrogen) atoms. The number of rotatable bonds is 4. The van der Waals surface area contributed by atoms with Gasteiger partial charge in [-0.3, -0.25) is 0 Å². The Labute approximate surface area is 87.1 Å². The molecule has 0 saturated heterocycles. The number of hydrogen-bond acceptors (Lipinski definition) is 4. The van der Waals surface area contributed by atoms with E-state index in [0.29, 0.717) is 23.8 Å². The Bertz CT molecular complexity index is 317. The van der Waals surface area contributed by atoms with E-state index >= 15 is 0 Å². The van der Waals surface area contributed by atoms with Gasteiger partial charge < -0.3 is 14.7 Å². The molecule has 5 heteroatoms. The van der Waals surface area contributed by atoms with E-state index < -0.39 is 0 Å². The normalized spacial score (nSPS) is 10.2. The molecule has 0 amide bonds. The molecule has 1 rings (SSSR count). The van der Waals surface area contributed by atoms with Gasteiger partial charge in [0.2, 0.25) is 0 Å². The van der Waals surface area contributed by atoms with Gasteiger partial charge in [-0.25, -0.2) is 5.90 Å². The second-order valence-electron chi connectivity index (χ2n) is 2.74. The van der Waals surface area contributed by atoms with Crippen LogP contribution in [0.15, 0.2) is 12.1 Å². The highest BCUT2D eigenvalue weighted by Gasteiger charge is 2.07. The van der Waals surface area contributed by atoms with Crippen LogP contribution in [-0.2, 0) is 11.3 Å². The van der Waals surface area contributed by atoms with Crippen molar-refractivity contribution < 1.29 is 14.7 Å². The van der Waals surface area contributed by atoms with Crippen molar-refractivity contribution in [1.29, 1.82) is 0 Å². The lowest BCUT2D eigenvalue weighted by Gasteiger charge is -2.08. The van der Waals surface area contributed by atoms with Gasteiger partial charge >= 0.3 is 0 Å². The van der Waals surface area contributed by atoms with Gasteiger partial charge in [0.15, 0.2) is 11.5 Å². The minimum Gasteiger partial charge on any atom is -0.504 e. The first-order chi connectivity index (χ1) is 6.69. The third-order valence-corrected chi connectivity index (χ3v) is 2.19. The lowest BCUT2D eigenvalue weighted by atomic mass is 10.1. The SMILES string of the molecule is COc1cc(Cl)c(CCON)cc1O. The number of benzene rings is 1. The number of nitrogens with two attached hydrogens (primary N) is 1. The predicted octanol–water partition coefficient (Wildman–Crippen LogP) is 1.49. The Morgan fingerprint density at radius 2 is 2.21 bits per heavy atom. The molecule has 0 unspecified atom stereocenters. The van der Waals surface area contributed by atoms with Crippen molar-refractivity contribution in [3.8, 4) is 11.5 Å². The first kappa shape index (κ1) is 11.1. The molecule has 3 N–H and O–H groups in total. The zero-order chi connectivity index (χ0) is 10.6. The van der Waals surface area contributed by atoms with Gasteiger partial charge in [-0.15, -0.1) is 0 Å². The number of phenols is 1. The van der Waals surface area contributed by atoms with Crippen LogP contribution in [0.3, 0.4) is 0 Å². The largest absolute Gasteiger partial charge is 0.504 e. The standard InChI is InChI=1S/C9H12ClNO3/c1-13-9-5-7(10)6(2-3-14-11)4-8(9)12/h4-5,12H,2-3,11H2,1H3. The molecule has 0 aliphatic rings. The van der Waals surface area contributed by atoms with Crippen molar-refractivity contribution in [1.82, 2.24) is 0 Å². The van der Waals surface area contributed by atoms with E-state index in [4.69, 9.17) is 22.2 Å². The predicted molar refractivity (Wildman–Crippen MR) is 53.5 cm³/mol. The average molecular weight is 218 g/mol. The van der Waals surface area contributed by atoms with Gasteiger partial charge in [-0.2, -0.15) is 0 Å². The number of hydrogen-bond donors (Lipinski definition) is 2. The summed E-state index contributed by atoms with van der Waals surface area (Å²) in [5, 5.41) is 9.98. The number of methoxy groups -OCH3 is 1. The van der Waals surface area contributed by atoms with Gasteiger partial charge in [0.1, 0.15) is 0 Å². The van der Waals surface area contributed by atoms with E-state index in [1.54, 1.807) is 12.1 Å². The van der Waals surface area contributed by atoms with Gasteiger partial charge in [0.25, 0.3) is 0 Å². The van der Waals surface area contributed by atoms with Crippen LogP contribution in [0, 0.1) is 0 Å². The van der Waals surface area contributed by atoms with Crippen LogP contribution in [0.4, 0.5) is 0 Å². The lowest BCUT2D eigenvalue weighted by Crippen LogP contribution is -2.04. The number of aromatic hydroxyl groups is 1. The highest BCUT2D eigenvalue weighted by atomic mass is 35.5. The highest BCUT2D eigenvalue weighted by Crippen LogP contribution is 2.32. The van der Waals surface area contributed by atoms with Crippen molar-refractivity contribution in [2.45, 2.75) is 6.42 Å². The maximum atomic E-state index is 9.46. The third-order valence-electron chi connectivity index (χ3n) is 1.84. The molecule has 0 aliphatic heterocycles.